The van der Waals surface area contributed by atoms with Crippen LogP contribution in [0.4, 0.5) is 11.4 Å². The largest absolute Gasteiger partial charge is 0.406 e. The summed E-state index contributed by atoms with van der Waals surface area (Å²) in [7, 11) is -2.15. The molecular weight excluding hydrogens is 678 g/mol. The van der Waals surface area contributed by atoms with Gasteiger partial charge in [0.1, 0.15) is 11.4 Å². The number of nitrogens with one attached hydrogen (secondary N) is 4. The molecule has 7 rings (SSSR count). The number of likely N-dealkylation sites (tertiary alicyclic amines) is 1. The third-order valence-corrected chi connectivity index (χ3v) is 15.6. The first-order chi connectivity index (χ1) is 24.3. The molecular formula is C40H44ClN5O4Si. The molecule has 0 radical (unpaired) electrons. The number of fused-ring (bicyclic) bond motifs is 5. The number of halogens is 1. The lowest BCUT2D eigenvalue weighted by atomic mass is 9.80. The number of allylic oxidation sites excluding steroid dienone is 1. The summed E-state index contributed by atoms with van der Waals surface area (Å²) in [5.74, 6) is -0.0105. The predicted octanol–water partition coefficient (Wildman–Crippen LogP) is 9.30. The van der Waals surface area contributed by atoms with Gasteiger partial charge in [0.25, 0.3) is 11.8 Å². The summed E-state index contributed by atoms with van der Waals surface area (Å²) in [4.78, 5) is 47.7. The second-order valence-corrected chi connectivity index (χ2v) is 20.2. The number of hydrogen-bond donors (Lipinski definition) is 4. The van der Waals surface area contributed by atoms with Crippen molar-refractivity contribution in [1.82, 2.24) is 14.9 Å². The number of anilines is 2. The number of H-pyrrole nitrogens is 2. The van der Waals surface area contributed by atoms with Crippen molar-refractivity contribution in [2.24, 2.45) is 5.92 Å². The average molecular weight is 722 g/mol. The molecule has 3 unspecified atom stereocenters. The molecule has 2 aromatic heterocycles. The van der Waals surface area contributed by atoms with Crippen LogP contribution in [0.15, 0.2) is 84.6 Å². The van der Waals surface area contributed by atoms with Gasteiger partial charge in [-0.05, 0) is 83.9 Å². The lowest BCUT2D eigenvalue weighted by Gasteiger charge is -2.41. The van der Waals surface area contributed by atoms with Crippen molar-refractivity contribution >= 4 is 70.8 Å². The third kappa shape index (κ3) is 6.52. The van der Waals surface area contributed by atoms with Crippen LogP contribution in [0.1, 0.15) is 78.2 Å². The summed E-state index contributed by atoms with van der Waals surface area (Å²) in [6.45, 7) is 13.5. The summed E-state index contributed by atoms with van der Waals surface area (Å²) in [5.41, 5.74) is 6.97. The van der Waals surface area contributed by atoms with Crippen LogP contribution in [0, 0.1) is 5.92 Å². The third-order valence-electron chi connectivity index (χ3n) is 10.7. The van der Waals surface area contributed by atoms with Crippen molar-refractivity contribution in [3.8, 4) is 0 Å². The standard InChI is InChI=1S/C40H44ClN5O4Si/c1-7-36(47)42-26-12-14-30-23(16-26)18-32(44-30)38(48)43-27-13-15-31-24(17-27)19-33(45-31)39(49)46-22-25(21-41)37-29-11-9-8-10-28(29)35(20-34(37)46)50-51(5,6)40(2,3)4/h8-20,25,35,37,44-45H,7,21-22H2,1-6H3,(H,42,47)(H,43,48). The van der Waals surface area contributed by atoms with Crippen molar-refractivity contribution < 1.29 is 18.8 Å². The van der Waals surface area contributed by atoms with Crippen molar-refractivity contribution in [3.63, 3.8) is 0 Å². The maximum atomic E-state index is 14.3. The number of benzene rings is 3. The summed E-state index contributed by atoms with van der Waals surface area (Å²) >= 11 is 6.58. The summed E-state index contributed by atoms with van der Waals surface area (Å²) in [5, 5.41) is 7.46. The van der Waals surface area contributed by atoms with Crippen LogP contribution >= 0.6 is 11.6 Å². The zero-order chi connectivity index (χ0) is 36.2. The molecule has 3 aromatic carbocycles. The zero-order valence-corrected chi connectivity index (χ0v) is 31.6. The van der Waals surface area contributed by atoms with Gasteiger partial charge in [0.2, 0.25) is 5.91 Å². The Morgan fingerprint density at radius 2 is 1.49 bits per heavy atom. The molecule has 3 atom stereocenters. The number of carbonyl (C=O) groups excluding carboxylic acids is 3. The van der Waals surface area contributed by atoms with Gasteiger partial charge in [-0.25, -0.2) is 0 Å². The molecule has 1 aliphatic heterocycles. The first-order valence-electron chi connectivity index (χ1n) is 17.5. The second-order valence-electron chi connectivity index (χ2n) is 15.2. The van der Waals surface area contributed by atoms with Crippen molar-refractivity contribution in [2.45, 2.75) is 64.3 Å². The van der Waals surface area contributed by atoms with Crippen LogP contribution in [-0.4, -0.2) is 53.3 Å². The fourth-order valence-corrected chi connectivity index (χ4v) is 8.40. The fourth-order valence-electron chi connectivity index (χ4n) is 6.94. The number of nitrogens with zero attached hydrogens (tertiary/aromatic N) is 1. The number of rotatable bonds is 8. The van der Waals surface area contributed by atoms with Gasteiger partial charge in [-0.2, -0.15) is 0 Å². The van der Waals surface area contributed by atoms with Crippen molar-refractivity contribution in [3.05, 3.63) is 107 Å². The highest BCUT2D eigenvalue weighted by molar-refractivity contribution is 6.74. The van der Waals surface area contributed by atoms with E-state index in [0.717, 1.165) is 33.1 Å². The lowest BCUT2D eigenvalue weighted by Crippen LogP contribution is -2.42. The molecule has 5 aromatic rings. The highest BCUT2D eigenvalue weighted by Crippen LogP contribution is 2.51. The van der Waals surface area contributed by atoms with E-state index in [1.807, 2.05) is 41.3 Å². The molecule has 264 valence electrons. The van der Waals surface area contributed by atoms with Gasteiger partial charge >= 0.3 is 0 Å². The predicted molar refractivity (Wildman–Crippen MR) is 207 cm³/mol. The van der Waals surface area contributed by atoms with Crippen LogP contribution in [-0.2, 0) is 9.22 Å². The zero-order valence-electron chi connectivity index (χ0n) is 29.8. The molecule has 0 spiro atoms. The lowest BCUT2D eigenvalue weighted by molar-refractivity contribution is -0.115. The van der Waals surface area contributed by atoms with Gasteiger partial charge in [0.15, 0.2) is 8.32 Å². The number of alkyl halides is 1. The van der Waals surface area contributed by atoms with E-state index in [1.165, 1.54) is 5.56 Å². The van der Waals surface area contributed by atoms with Gasteiger partial charge in [0.05, 0.1) is 6.10 Å². The van der Waals surface area contributed by atoms with E-state index in [4.69, 9.17) is 16.0 Å². The highest BCUT2D eigenvalue weighted by Gasteiger charge is 2.47. The topological polar surface area (TPSA) is 119 Å². The molecule has 1 aliphatic carbocycles. The molecule has 9 nitrogen and oxygen atoms in total. The van der Waals surface area contributed by atoms with Crippen LogP contribution in [0.25, 0.3) is 21.8 Å². The second kappa shape index (κ2) is 13.2. The Bertz CT molecular complexity index is 2210. The molecule has 3 amide bonds. The number of amides is 3. The van der Waals surface area contributed by atoms with Gasteiger partial charge in [-0.15, -0.1) is 11.6 Å². The first kappa shape index (κ1) is 34.8. The van der Waals surface area contributed by atoms with E-state index in [-0.39, 0.29) is 40.7 Å². The van der Waals surface area contributed by atoms with E-state index in [1.54, 1.807) is 19.1 Å². The summed E-state index contributed by atoms with van der Waals surface area (Å²) < 4.78 is 6.98. The summed E-state index contributed by atoms with van der Waals surface area (Å²) in [6.07, 6.45) is 2.28. The maximum absolute atomic E-state index is 14.3. The molecule has 4 N–H and O–H groups in total. The minimum absolute atomic E-state index is 0.000525. The smallest absolute Gasteiger partial charge is 0.274 e. The maximum Gasteiger partial charge on any atom is 0.274 e. The Morgan fingerprint density at radius 1 is 0.882 bits per heavy atom. The van der Waals surface area contributed by atoms with E-state index in [9.17, 15) is 14.4 Å². The molecule has 51 heavy (non-hydrogen) atoms. The fraction of sp³-hybridized carbons (Fsp3) is 0.325. The Morgan fingerprint density at radius 3 is 2.12 bits per heavy atom. The first-order valence-corrected chi connectivity index (χ1v) is 20.9. The van der Waals surface area contributed by atoms with E-state index in [0.29, 0.717) is 41.6 Å². The molecule has 0 saturated carbocycles. The number of carbonyl (C=O) groups is 3. The molecule has 0 bridgehead atoms. The van der Waals surface area contributed by atoms with Gasteiger partial charge < -0.3 is 29.9 Å². The number of aromatic amines is 2. The Hall–Kier alpha value is -4.64. The molecule has 2 aliphatic rings. The minimum atomic E-state index is -2.15. The van der Waals surface area contributed by atoms with Crippen molar-refractivity contribution in [2.75, 3.05) is 23.1 Å². The Balaban J connectivity index is 1.13. The van der Waals surface area contributed by atoms with Gasteiger partial charge in [-0.1, -0.05) is 52.0 Å². The van der Waals surface area contributed by atoms with Gasteiger partial charge in [0, 0.05) is 69.6 Å². The monoisotopic (exact) mass is 721 g/mol. The van der Waals surface area contributed by atoms with Crippen LogP contribution in [0.2, 0.25) is 18.1 Å². The van der Waals surface area contributed by atoms with Crippen LogP contribution in [0.5, 0.6) is 0 Å². The van der Waals surface area contributed by atoms with E-state index >= 15 is 0 Å². The number of aromatic nitrogens is 2. The molecule has 1 saturated heterocycles. The average Bonchev–Trinajstić information content (AvgIpc) is 3.82. The number of hydrogen-bond acceptors (Lipinski definition) is 4. The quantitative estimate of drug-likeness (QED) is 0.0943. The van der Waals surface area contributed by atoms with Crippen LogP contribution in [0.3, 0.4) is 0 Å². The highest BCUT2D eigenvalue weighted by atomic mass is 35.5. The summed E-state index contributed by atoms with van der Waals surface area (Å²) in [6, 6.07) is 23.0. The van der Waals surface area contributed by atoms with Gasteiger partial charge in [-0.3, -0.25) is 14.4 Å². The van der Waals surface area contributed by atoms with Crippen molar-refractivity contribution in [1.29, 1.82) is 0 Å². The Labute approximate surface area is 303 Å². The Kier molecular flexibility index (Phi) is 8.98. The minimum Gasteiger partial charge on any atom is -0.406 e. The molecule has 11 heteroatoms. The molecule has 1 fully saturated rings. The van der Waals surface area contributed by atoms with E-state index in [2.05, 4.69) is 84.8 Å². The van der Waals surface area contributed by atoms with Crippen LogP contribution < -0.4 is 10.6 Å². The SMILES string of the molecule is CCC(=O)Nc1ccc2[nH]c(C(=O)Nc3ccc4[nH]c(C(=O)N5CC(CCl)C6C5=CC(O[Si](C)(C)C(C)(C)C)c5ccccc56)cc4c3)cc2c1. The molecule has 3 heterocycles. The normalized spacial score (nSPS) is 18.8. The van der Waals surface area contributed by atoms with E-state index < -0.39 is 8.32 Å².